The van der Waals surface area contributed by atoms with Crippen molar-refractivity contribution >= 4 is 16.9 Å². The third-order valence-electron chi connectivity index (χ3n) is 2.93. The molecule has 0 bridgehead atoms. The summed E-state index contributed by atoms with van der Waals surface area (Å²) in [6.07, 6.45) is 0. The van der Waals surface area contributed by atoms with Crippen LogP contribution in [0.15, 0.2) is 12.1 Å². The monoisotopic (exact) mass is 233 g/mol. The third kappa shape index (κ3) is 1.86. The van der Waals surface area contributed by atoms with Gasteiger partial charge in [0.2, 0.25) is 0 Å². The predicted molar refractivity (Wildman–Crippen MR) is 65.9 cm³/mol. The molecule has 17 heavy (non-hydrogen) atoms. The molecule has 1 aromatic carbocycles. The molecule has 0 unspecified atom stereocenters. The first-order chi connectivity index (χ1) is 8.04. The Labute approximate surface area is 99.2 Å². The van der Waals surface area contributed by atoms with Crippen LogP contribution in [0, 0.1) is 13.8 Å². The molecule has 0 spiro atoms. The van der Waals surface area contributed by atoms with Gasteiger partial charge in [0.05, 0.1) is 12.1 Å². The summed E-state index contributed by atoms with van der Waals surface area (Å²) >= 11 is 0. The molecule has 4 nitrogen and oxygen atoms in total. The summed E-state index contributed by atoms with van der Waals surface area (Å²) in [5, 5.41) is 9.82. The van der Waals surface area contributed by atoms with Crippen molar-refractivity contribution in [3.63, 3.8) is 0 Å². The lowest BCUT2D eigenvalue weighted by Crippen LogP contribution is -1.95. The molecule has 4 heteroatoms. The van der Waals surface area contributed by atoms with Crippen LogP contribution in [0.25, 0.3) is 10.9 Å². The molecule has 0 fully saturated rings. The van der Waals surface area contributed by atoms with E-state index in [-0.39, 0.29) is 5.69 Å². The number of H-pyrrole nitrogens is 1. The van der Waals surface area contributed by atoms with Gasteiger partial charge in [0, 0.05) is 5.39 Å². The van der Waals surface area contributed by atoms with Crippen LogP contribution in [0.2, 0.25) is 0 Å². The fourth-order valence-corrected chi connectivity index (χ4v) is 1.91. The van der Waals surface area contributed by atoms with Gasteiger partial charge in [0.15, 0.2) is 0 Å². The molecule has 2 aromatic rings. The maximum Gasteiger partial charge on any atom is 0.352 e. The molecule has 0 amide bonds. The van der Waals surface area contributed by atoms with Crippen molar-refractivity contribution in [2.75, 3.05) is 6.61 Å². The number of hydrogen-bond acceptors (Lipinski definition) is 2. The number of aryl methyl sites for hydroxylation is 2. The molecule has 0 saturated carbocycles. The lowest BCUT2D eigenvalue weighted by molar-refractivity contribution is 0.0691. The highest BCUT2D eigenvalue weighted by Gasteiger charge is 2.14. The third-order valence-corrected chi connectivity index (χ3v) is 2.93. The Bertz CT molecular complexity index is 584. The molecule has 1 aromatic heterocycles. The van der Waals surface area contributed by atoms with E-state index in [1.165, 1.54) is 0 Å². The predicted octanol–water partition coefficient (Wildman–Crippen LogP) is 2.88. The topological polar surface area (TPSA) is 62.3 Å². The number of carboxylic acid groups (broad SMARTS) is 1. The SMILES string of the molecule is CCOc1cc(C)c(C)c2[nH]c(C(=O)O)cc12. The Kier molecular flexibility index (Phi) is 2.79. The van der Waals surface area contributed by atoms with Gasteiger partial charge in [-0.1, -0.05) is 0 Å². The van der Waals surface area contributed by atoms with Gasteiger partial charge < -0.3 is 14.8 Å². The molecule has 1 heterocycles. The van der Waals surface area contributed by atoms with E-state index in [0.29, 0.717) is 6.61 Å². The van der Waals surface area contributed by atoms with Gasteiger partial charge in [-0.2, -0.15) is 0 Å². The molecule has 0 aliphatic carbocycles. The van der Waals surface area contributed by atoms with E-state index < -0.39 is 5.97 Å². The molecule has 0 aliphatic rings. The quantitative estimate of drug-likeness (QED) is 0.856. The smallest absolute Gasteiger partial charge is 0.352 e. The number of aromatic carboxylic acids is 1. The first-order valence-electron chi connectivity index (χ1n) is 5.53. The van der Waals surface area contributed by atoms with Gasteiger partial charge in [-0.3, -0.25) is 0 Å². The molecule has 0 saturated heterocycles. The standard InChI is InChI=1S/C13H15NO3/c1-4-17-11-5-7(2)8(3)12-9(11)6-10(14-12)13(15)16/h5-6,14H,4H2,1-3H3,(H,15,16). The average molecular weight is 233 g/mol. The summed E-state index contributed by atoms with van der Waals surface area (Å²) < 4.78 is 5.54. The van der Waals surface area contributed by atoms with Gasteiger partial charge in [-0.25, -0.2) is 4.79 Å². The summed E-state index contributed by atoms with van der Waals surface area (Å²) in [6, 6.07) is 3.57. The fraction of sp³-hybridized carbons (Fsp3) is 0.308. The number of carboxylic acids is 1. The largest absolute Gasteiger partial charge is 0.493 e. The van der Waals surface area contributed by atoms with Crippen LogP contribution < -0.4 is 4.74 Å². The molecule has 2 N–H and O–H groups in total. The van der Waals surface area contributed by atoms with Gasteiger partial charge >= 0.3 is 5.97 Å². The molecule has 2 rings (SSSR count). The molecule has 0 aliphatic heterocycles. The zero-order chi connectivity index (χ0) is 12.6. The number of hydrogen-bond donors (Lipinski definition) is 2. The van der Waals surface area contributed by atoms with Crippen LogP contribution >= 0.6 is 0 Å². The number of ether oxygens (including phenoxy) is 1. The zero-order valence-corrected chi connectivity index (χ0v) is 10.1. The number of rotatable bonds is 3. The molecule has 90 valence electrons. The minimum atomic E-state index is -0.958. The normalized spacial score (nSPS) is 10.8. The minimum absolute atomic E-state index is 0.189. The average Bonchev–Trinajstić information content (AvgIpc) is 2.71. The van der Waals surface area contributed by atoms with E-state index >= 15 is 0 Å². The van der Waals surface area contributed by atoms with E-state index in [9.17, 15) is 4.79 Å². The van der Waals surface area contributed by atoms with E-state index in [1.54, 1.807) is 6.07 Å². The lowest BCUT2D eigenvalue weighted by atomic mass is 10.1. The molecule has 0 atom stereocenters. The van der Waals surface area contributed by atoms with Crippen molar-refractivity contribution < 1.29 is 14.6 Å². The number of aromatic nitrogens is 1. The van der Waals surface area contributed by atoms with Crippen molar-refractivity contribution in [2.45, 2.75) is 20.8 Å². The Morgan fingerprint density at radius 1 is 1.41 bits per heavy atom. The molecular weight excluding hydrogens is 218 g/mol. The summed E-state index contributed by atoms with van der Waals surface area (Å²) in [6.45, 7) is 6.42. The van der Waals surface area contributed by atoms with Crippen molar-refractivity contribution in [1.29, 1.82) is 0 Å². The maximum atomic E-state index is 11.0. The van der Waals surface area contributed by atoms with Gasteiger partial charge in [0.1, 0.15) is 11.4 Å². The minimum Gasteiger partial charge on any atom is -0.493 e. The van der Waals surface area contributed by atoms with Gasteiger partial charge in [0.25, 0.3) is 0 Å². The van der Waals surface area contributed by atoms with Crippen LogP contribution in [0.5, 0.6) is 5.75 Å². The first kappa shape index (κ1) is 11.5. The highest BCUT2D eigenvalue weighted by atomic mass is 16.5. The number of carbonyl (C=O) groups is 1. The summed E-state index contributed by atoms with van der Waals surface area (Å²) in [4.78, 5) is 13.9. The van der Waals surface area contributed by atoms with E-state index in [4.69, 9.17) is 9.84 Å². The molecule has 0 radical (unpaired) electrons. The van der Waals surface area contributed by atoms with E-state index in [0.717, 1.165) is 27.8 Å². The zero-order valence-electron chi connectivity index (χ0n) is 10.1. The van der Waals surface area contributed by atoms with E-state index in [2.05, 4.69) is 4.98 Å². The van der Waals surface area contributed by atoms with Crippen LogP contribution in [0.1, 0.15) is 28.5 Å². The number of aromatic amines is 1. The number of fused-ring (bicyclic) bond motifs is 1. The Morgan fingerprint density at radius 3 is 2.71 bits per heavy atom. The van der Waals surface area contributed by atoms with Crippen molar-refractivity contribution in [2.24, 2.45) is 0 Å². The molecular formula is C13H15NO3. The second-order valence-electron chi connectivity index (χ2n) is 4.03. The summed E-state index contributed by atoms with van der Waals surface area (Å²) in [5.41, 5.74) is 3.16. The lowest BCUT2D eigenvalue weighted by Gasteiger charge is -2.08. The Balaban J connectivity index is 2.74. The Morgan fingerprint density at radius 2 is 2.12 bits per heavy atom. The fourth-order valence-electron chi connectivity index (χ4n) is 1.91. The highest BCUT2D eigenvalue weighted by molar-refractivity contribution is 5.97. The van der Waals surface area contributed by atoms with Gasteiger partial charge in [-0.05, 0) is 44.0 Å². The number of nitrogens with one attached hydrogen (secondary N) is 1. The summed E-state index contributed by atoms with van der Waals surface area (Å²) in [5.74, 6) is -0.227. The first-order valence-corrected chi connectivity index (χ1v) is 5.53. The van der Waals surface area contributed by atoms with Crippen molar-refractivity contribution in [3.8, 4) is 5.75 Å². The van der Waals surface area contributed by atoms with Crippen molar-refractivity contribution in [1.82, 2.24) is 4.98 Å². The van der Waals surface area contributed by atoms with Crippen LogP contribution in [0.3, 0.4) is 0 Å². The van der Waals surface area contributed by atoms with Crippen LogP contribution in [-0.2, 0) is 0 Å². The summed E-state index contributed by atoms with van der Waals surface area (Å²) in [7, 11) is 0. The van der Waals surface area contributed by atoms with Crippen LogP contribution in [-0.4, -0.2) is 22.7 Å². The van der Waals surface area contributed by atoms with E-state index in [1.807, 2.05) is 26.8 Å². The Hall–Kier alpha value is -1.97. The van der Waals surface area contributed by atoms with Crippen LogP contribution in [0.4, 0.5) is 0 Å². The number of benzene rings is 1. The maximum absolute atomic E-state index is 11.0. The highest BCUT2D eigenvalue weighted by Crippen LogP contribution is 2.31. The second-order valence-corrected chi connectivity index (χ2v) is 4.03. The second kappa shape index (κ2) is 4.13. The van der Waals surface area contributed by atoms with Crippen molar-refractivity contribution in [3.05, 3.63) is 29.0 Å². The van der Waals surface area contributed by atoms with Gasteiger partial charge in [-0.15, -0.1) is 0 Å².